The zero-order valence-electron chi connectivity index (χ0n) is 9.75. The second kappa shape index (κ2) is 6.56. The van der Waals surface area contributed by atoms with Crippen LogP contribution in [-0.2, 0) is 4.74 Å². The molecule has 10 heteroatoms. The molecule has 114 valence electrons. The van der Waals surface area contributed by atoms with E-state index in [1.54, 1.807) is 0 Å². The van der Waals surface area contributed by atoms with Crippen molar-refractivity contribution < 1.29 is 31.5 Å². The molecule has 0 radical (unpaired) electrons. The van der Waals surface area contributed by atoms with Crippen LogP contribution in [0.5, 0.6) is 0 Å². The van der Waals surface area contributed by atoms with Gasteiger partial charge in [0.1, 0.15) is 0 Å². The van der Waals surface area contributed by atoms with Crippen LogP contribution in [0.3, 0.4) is 0 Å². The van der Waals surface area contributed by atoms with E-state index in [0.717, 1.165) is 0 Å². The van der Waals surface area contributed by atoms with Gasteiger partial charge in [0, 0.05) is 32.5 Å². The molecule has 0 spiro atoms. The largest absolute Gasteiger partial charge is 0.435 e. The first-order valence-corrected chi connectivity index (χ1v) is 5.23. The molecule has 19 heavy (non-hydrogen) atoms. The number of amides is 1. The van der Waals surface area contributed by atoms with Crippen LogP contribution in [0.4, 0.5) is 26.7 Å². The first-order chi connectivity index (χ1) is 8.10. The first-order valence-electron chi connectivity index (χ1n) is 5.23. The zero-order chi connectivity index (χ0) is 14.0. The smallest absolute Gasteiger partial charge is 0.426 e. The van der Waals surface area contributed by atoms with E-state index in [9.17, 15) is 26.7 Å². The van der Waals surface area contributed by atoms with Crippen molar-refractivity contribution in [2.24, 2.45) is 5.73 Å². The van der Waals surface area contributed by atoms with Crippen molar-refractivity contribution >= 4 is 18.5 Å². The predicted octanol–water partition coefficient (Wildman–Crippen LogP) is 2.17. The van der Waals surface area contributed by atoms with Crippen LogP contribution >= 0.6 is 12.4 Å². The number of primary amides is 1. The summed E-state index contributed by atoms with van der Waals surface area (Å²) in [6, 6.07) is 0. The van der Waals surface area contributed by atoms with Crippen molar-refractivity contribution in [3.8, 4) is 0 Å². The Morgan fingerprint density at radius 3 is 2.16 bits per heavy atom. The number of nitrogens with two attached hydrogens (primary N) is 1. The Balaban J connectivity index is 0.00000324. The third-order valence-corrected chi connectivity index (χ3v) is 2.64. The Hall–Kier alpha value is -0.830. The molecule has 1 aliphatic heterocycles. The molecule has 0 aromatic rings. The quantitative estimate of drug-likeness (QED) is 0.813. The van der Waals surface area contributed by atoms with Crippen LogP contribution in [0.2, 0.25) is 0 Å². The number of halogens is 6. The van der Waals surface area contributed by atoms with E-state index in [4.69, 9.17) is 0 Å². The average Bonchev–Trinajstić information content (AvgIpc) is 2.18. The number of likely N-dealkylation sites (tertiary alicyclic amines) is 1. The molecule has 1 fully saturated rings. The topological polar surface area (TPSA) is 55.6 Å². The maximum atomic E-state index is 12.8. The molecule has 1 saturated heterocycles. The van der Waals surface area contributed by atoms with E-state index in [2.05, 4.69) is 10.5 Å². The fourth-order valence-electron chi connectivity index (χ4n) is 1.65. The summed E-state index contributed by atoms with van der Waals surface area (Å²) >= 11 is 0. The fraction of sp³-hybridized carbons (Fsp3) is 0.889. The summed E-state index contributed by atoms with van der Waals surface area (Å²) in [4.78, 5) is 11.5. The maximum absolute atomic E-state index is 12.8. The minimum absolute atomic E-state index is 0. The van der Waals surface area contributed by atoms with E-state index in [1.807, 2.05) is 0 Å². The number of carbonyl (C=O) groups is 1. The van der Waals surface area contributed by atoms with E-state index in [-0.39, 0.29) is 25.5 Å². The van der Waals surface area contributed by atoms with Crippen LogP contribution < -0.4 is 5.73 Å². The standard InChI is InChI=1S/C9H13F5N2O2.ClH/c10-8(11)1-3-16(4-2-8)5-6(9(12,13)14)18-7(15)17;/h6H,1-5H2,(H2,15,17);1H/t6-;/m0./s1. The molecule has 0 aromatic carbocycles. The molecule has 0 unspecified atom stereocenters. The number of piperidine rings is 1. The van der Waals surface area contributed by atoms with Crippen LogP contribution in [0.25, 0.3) is 0 Å². The monoisotopic (exact) mass is 312 g/mol. The normalized spacial score (nSPS) is 21.3. The van der Waals surface area contributed by atoms with Gasteiger partial charge in [-0.3, -0.25) is 4.90 Å². The Morgan fingerprint density at radius 2 is 1.79 bits per heavy atom. The van der Waals surface area contributed by atoms with E-state index in [1.165, 1.54) is 4.90 Å². The van der Waals surface area contributed by atoms with Gasteiger partial charge >= 0.3 is 12.3 Å². The van der Waals surface area contributed by atoms with Gasteiger partial charge in [0.2, 0.25) is 6.10 Å². The lowest BCUT2D eigenvalue weighted by Crippen LogP contribution is -2.48. The predicted molar refractivity (Wildman–Crippen MR) is 58.4 cm³/mol. The fourth-order valence-corrected chi connectivity index (χ4v) is 1.65. The van der Waals surface area contributed by atoms with E-state index < -0.39 is 43.7 Å². The minimum Gasteiger partial charge on any atom is -0.435 e. The Labute approximate surface area is 112 Å². The first kappa shape index (κ1) is 18.2. The third kappa shape index (κ3) is 6.24. The van der Waals surface area contributed by atoms with Crippen LogP contribution in [-0.4, -0.2) is 48.8 Å². The molecule has 1 aliphatic rings. The lowest BCUT2D eigenvalue weighted by atomic mass is 10.1. The molecule has 2 N–H and O–H groups in total. The second-order valence-electron chi connectivity index (χ2n) is 4.12. The number of hydrogen-bond acceptors (Lipinski definition) is 3. The highest BCUT2D eigenvalue weighted by Crippen LogP contribution is 2.29. The van der Waals surface area contributed by atoms with Gasteiger partial charge in [0.15, 0.2) is 0 Å². The van der Waals surface area contributed by atoms with Gasteiger partial charge in [-0.2, -0.15) is 13.2 Å². The minimum atomic E-state index is -4.77. The summed E-state index contributed by atoms with van der Waals surface area (Å²) in [7, 11) is 0. The molecule has 1 atom stereocenters. The highest BCUT2D eigenvalue weighted by atomic mass is 35.5. The highest BCUT2D eigenvalue weighted by molar-refractivity contribution is 5.85. The lowest BCUT2D eigenvalue weighted by molar-refractivity contribution is -0.209. The van der Waals surface area contributed by atoms with Crippen LogP contribution in [0.15, 0.2) is 0 Å². The highest BCUT2D eigenvalue weighted by Gasteiger charge is 2.45. The SMILES string of the molecule is Cl.NC(=O)O[C@@H](CN1CCC(F)(F)CC1)C(F)(F)F. The maximum Gasteiger partial charge on any atom is 0.426 e. The van der Waals surface area contributed by atoms with E-state index >= 15 is 0 Å². The molecule has 1 heterocycles. The van der Waals surface area contributed by atoms with Crippen molar-refractivity contribution in [2.75, 3.05) is 19.6 Å². The second-order valence-corrected chi connectivity index (χ2v) is 4.12. The van der Waals surface area contributed by atoms with Crippen molar-refractivity contribution in [1.82, 2.24) is 4.90 Å². The van der Waals surface area contributed by atoms with Crippen molar-refractivity contribution in [3.05, 3.63) is 0 Å². The van der Waals surface area contributed by atoms with Gasteiger partial charge in [-0.1, -0.05) is 0 Å². The van der Waals surface area contributed by atoms with Crippen LogP contribution in [0.1, 0.15) is 12.8 Å². The third-order valence-electron chi connectivity index (χ3n) is 2.64. The van der Waals surface area contributed by atoms with Crippen molar-refractivity contribution in [3.63, 3.8) is 0 Å². The molecular formula is C9H14ClF5N2O2. The molecule has 0 saturated carbocycles. The van der Waals surface area contributed by atoms with Gasteiger partial charge in [0.25, 0.3) is 5.92 Å². The molecule has 1 rings (SSSR count). The van der Waals surface area contributed by atoms with E-state index in [0.29, 0.717) is 0 Å². The van der Waals surface area contributed by atoms with Gasteiger partial charge in [-0.25, -0.2) is 13.6 Å². The summed E-state index contributed by atoms with van der Waals surface area (Å²) in [6.07, 6.45) is -9.71. The van der Waals surface area contributed by atoms with Gasteiger partial charge in [0.05, 0.1) is 0 Å². The molecule has 0 bridgehead atoms. The number of rotatable bonds is 3. The summed E-state index contributed by atoms with van der Waals surface area (Å²) in [5, 5.41) is 0. The molecular weight excluding hydrogens is 299 g/mol. The van der Waals surface area contributed by atoms with Gasteiger partial charge in [-0.15, -0.1) is 12.4 Å². The number of hydrogen-bond donors (Lipinski definition) is 1. The van der Waals surface area contributed by atoms with Crippen molar-refractivity contribution in [1.29, 1.82) is 0 Å². The van der Waals surface area contributed by atoms with Gasteiger partial charge < -0.3 is 10.5 Å². The Bertz CT molecular complexity index is 303. The van der Waals surface area contributed by atoms with Crippen molar-refractivity contribution in [2.45, 2.75) is 31.0 Å². The summed E-state index contributed by atoms with van der Waals surface area (Å²) in [5.74, 6) is -2.84. The summed E-state index contributed by atoms with van der Waals surface area (Å²) in [6.45, 7) is -1.04. The number of nitrogens with zero attached hydrogens (tertiary/aromatic N) is 1. The molecule has 1 amide bonds. The Morgan fingerprint density at radius 1 is 1.32 bits per heavy atom. The summed E-state index contributed by atoms with van der Waals surface area (Å²) < 4.78 is 67.0. The average molecular weight is 313 g/mol. The lowest BCUT2D eigenvalue weighted by Gasteiger charge is -2.34. The molecule has 0 aliphatic carbocycles. The molecule has 4 nitrogen and oxygen atoms in total. The van der Waals surface area contributed by atoms with Crippen LogP contribution in [0, 0.1) is 0 Å². The number of alkyl halides is 5. The Kier molecular flexibility index (Phi) is 6.27. The summed E-state index contributed by atoms with van der Waals surface area (Å²) in [5.41, 5.74) is 4.54. The number of ether oxygens (including phenoxy) is 1. The zero-order valence-corrected chi connectivity index (χ0v) is 10.6. The van der Waals surface area contributed by atoms with Gasteiger partial charge in [-0.05, 0) is 0 Å². The molecule has 0 aromatic heterocycles. The number of carbonyl (C=O) groups excluding carboxylic acids is 1.